The van der Waals surface area contributed by atoms with Gasteiger partial charge < -0.3 is 10.6 Å². The summed E-state index contributed by atoms with van der Waals surface area (Å²) in [4.78, 5) is 14.7. The minimum Gasteiger partial charge on any atom is -0.338 e. The Morgan fingerprint density at radius 2 is 1.76 bits per heavy atom. The van der Waals surface area contributed by atoms with E-state index in [1.165, 1.54) is 6.07 Å². The van der Waals surface area contributed by atoms with Crippen molar-refractivity contribution < 1.29 is 9.18 Å². The summed E-state index contributed by atoms with van der Waals surface area (Å²) in [6, 6.07) is 16.5. The molecule has 0 aliphatic heterocycles. The molecule has 0 aromatic heterocycles. The highest BCUT2D eigenvalue weighted by Gasteiger charge is 2.21. The molecule has 2 N–H and O–H groups in total. The highest BCUT2D eigenvalue weighted by atomic mass is 35.5. The molecule has 5 heteroatoms. The van der Waals surface area contributed by atoms with Crippen LogP contribution in [0.1, 0.15) is 24.5 Å². The number of halogens is 2. The summed E-state index contributed by atoms with van der Waals surface area (Å²) in [5.41, 5.74) is 7.27. The highest BCUT2D eigenvalue weighted by molar-refractivity contribution is 5.85. The first-order valence-electron chi connectivity index (χ1n) is 8.38. The first-order chi connectivity index (χ1) is 11.6. The van der Waals surface area contributed by atoms with Crippen LogP contribution in [0.25, 0.3) is 0 Å². The second kappa shape index (κ2) is 10.9. The molecule has 0 bridgehead atoms. The molecule has 1 atom stereocenters. The van der Waals surface area contributed by atoms with Gasteiger partial charge in [0.25, 0.3) is 0 Å². The molecule has 0 aliphatic carbocycles. The molecule has 0 saturated heterocycles. The molecular weight excluding hydrogens is 339 g/mol. The van der Waals surface area contributed by atoms with Crippen LogP contribution in [0.15, 0.2) is 54.6 Å². The van der Waals surface area contributed by atoms with Gasteiger partial charge in [0.05, 0.1) is 0 Å². The Balaban J connectivity index is 0.00000312. The van der Waals surface area contributed by atoms with Gasteiger partial charge in [-0.15, -0.1) is 12.4 Å². The Hall–Kier alpha value is -1.91. The predicted octanol–water partition coefficient (Wildman–Crippen LogP) is 3.80. The Bertz CT molecular complexity index is 651. The zero-order chi connectivity index (χ0) is 17.4. The lowest BCUT2D eigenvalue weighted by Crippen LogP contribution is -2.37. The van der Waals surface area contributed by atoms with Gasteiger partial charge in [-0.25, -0.2) is 4.39 Å². The Labute approximate surface area is 155 Å². The first kappa shape index (κ1) is 21.1. The maximum atomic E-state index is 13.8. The van der Waals surface area contributed by atoms with Crippen LogP contribution in [-0.4, -0.2) is 23.9 Å². The summed E-state index contributed by atoms with van der Waals surface area (Å²) >= 11 is 0. The molecule has 3 nitrogen and oxygen atoms in total. The van der Waals surface area contributed by atoms with Crippen LogP contribution < -0.4 is 5.73 Å². The number of nitrogens with two attached hydrogens (primary N) is 1. The number of carbonyl (C=O) groups is 1. The topological polar surface area (TPSA) is 46.3 Å². The van der Waals surface area contributed by atoms with E-state index in [1.54, 1.807) is 18.2 Å². The lowest BCUT2D eigenvalue weighted by atomic mass is 9.99. The van der Waals surface area contributed by atoms with Crippen LogP contribution in [0.4, 0.5) is 4.39 Å². The largest absolute Gasteiger partial charge is 0.338 e. The predicted molar refractivity (Wildman–Crippen MR) is 102 cm³/mol. The van der Waals surface area contributed by atoms with Gasteiger partial charge in [0, 0.05) is 19.0 Å². The summed E-state index contributed by atoms with van der Waals surface area (Å²) in [5, 5.41) is 0. The molecular formula is C20H26ClFN2O. The lowest BCUT2D eigenvalue weighted by molar-refractivity contribution is -0.135. The lowest BCUT2D eigenvalue weighted by Gasteiger charge is -2.26. The maximum absolute atomic E-state index is 13.8. The van der Waals surface area contributed by atoms with Crippen molar-refractivity contribution in [3.05, 3.63) is 71.5 Å². The number of rotatable bonds is 8. The molecule has 2 aromatic carbocycles. The quantitative estimate of drug-likeness (QED) is 0.774. The third-order valence-electron chi connectivity index (χ3n) is 4.07. The fourth-order valence-electron chi connectivity index (χ4n) is 2.75. The van der Waals surface area contributed by atoms with Gasteiger partial charge in [0.1, 0.15) is 5.82 Å². The van der Waals surface area contributed by atoms with Gasteiger partial charge in [-0.3, -0.25) is 4.79 Å². The highest BCUT2D eigenvalue weighted by Crippen LogP contribution is 2.16. The number of nitrogens with zero attached hydrogens (tertiary/aromatic N) is 1. The Morgan fingerprint density at radius 1 is 1.12 bits per heavy atom. The van der Waals surface area contributed by atoms with E-state index in [0.29, 0.717) is 31.6 Å². The summed E-state index contributed by atoms with van der Waals surface area (Å²) in [6.45, 7) is 3.57. The second-order valence-electron chi connectivity index (χ2n) is 6.08. The van der Waals surface area contributed by atoms with Crippen LogP contribution in [0.3, 0.4) is 0 Å². The van der Waals surface area contributed by atoms with E-state index in [1.807, 2.05) is 42.2 Å². The third-order valence-corrected chi connectivity index (χ3v) is 4.07. The Morgan fingerprint density at radius 3 is 2.40 bits per heavy atom. The molecule has 2 aromatic rings. The van der Waals surface area contributed by atoms with Crippen molar-refractivity contribution in [1.82, 2.24) is 4.90 Å². The number of hydrogen-bond acceptors (Lipinski definition) is 2. The zero-order valence-corrected chi connectivity index (χ0v) is 15.3. The minimum absolute atomic E-state index is 0. The van der Waals surface area contributed by atoms with E-state index >= 15 is 0 Å². The molecule has 1 amide bonds. The molecule has 136 valence electrons. The molecule has 1 unspecified atom stereocenters. The second-order valence-corrected chi connectivity index (χ2v) is 6.08. The van der Waals surface area contributed by atoms with Crippen molar-refractivity contribution >= 4 is 18.3 Å². The van der Waals surface area contributed by atoms with Crippen LogP contribution in [-0.2, 0) is 17.8 Å². The maximum Gasteiger partial charge on any atom is 0.226 e. The Kier molecular flexibility index (Phi) is 9.17. The summed E-state index contributed by atoms with van der Waals surface area (Å²) < 4.78 is 13.8. The van der Waals surface area contributed by atoms with E-state index in [-0.39, 0.29) is 30.0 Å². The van der Waals surface area contributed by atoms with E-state index < -0.39 is 0 Å². The molecule has 0 heterocycles. The van der Waals surface area contributed by atoms with E-state index in [0.717, 1.165) is 12.0 Å². The third kappa shape index (κ3) is 6.48. The zero-order valence-electron chi connectivity index (χ0n) is 14.5. The smallest absolute Gasteiger partial charge is 0.226 e. The average Bonchev–Trinajstić information content (AvgIpc) is 2.60. The summed E-state index contributed by atoms with van der Waals surface area (Å²) in [7, 11) is 0. The number of hydrogen-bond donors (Lipinski definition) is 1. The van der Waals surface area contributed by atoms with Crippen molar-refractivity contribution in [2.24, 2.45) is 11.7 Å². The molecule has 0 radical (unpaired) electrons. The fraction of sp³-hybridized carbons (Fsp3) is 0.350. The first-order valence-corrected chi connectivity index (χ1v) is 8.38. The number of amides is 1. The van der Waals surface area contributed by atoms with Gasteiger partial charge in [0.2, 0.25) is 5.91 Å². The molecule has 0 spiro atoms. The van der Waals surface area contributed by atoms with Crippen LogP contribution in [0, 0.1) is 11.7 Å². The normalized spacial score (nSPS) is 11.5. The summed E-state index contributed by atoms with van der Waals surface area (Å²) in [5.74, 6) is -0.493. The minimum atomic E-state index is -0.275. The van der Waals surface area contributed by atoms with Crippen molar-refractivity contribution in [3.63, 3.8) is 0 Å². The van der Waals surface area contributed by atoms with Crippen LogP contribution >= 0.6 is 12.4 Å². The van der Waals surface area contributed by atoms with Gasteiger partial charge in [-0.2, -0.15) is 0 Å². The van der Waals surface area contributed by atoms with Crippen molar-refractivity contribution in [1.29, 1.82) is 0 Å². The molecule has 0 aliphatic rings. The molecule has 2 rings (SSSR count). The van der Waals surface area contributed by atoms with Gasteiger partial charge in [0.15, 0.2) is 0 Å². The van der Waals surface area contributed by atoms with Crippen molar-refractivity contribution in [2.75, 3.05) is 13.1 Å². The van der Waals surface area contributed by atoms with Crippen molar-refractivity contribution in [2.45, 2.75) is 26.3 Å². The van der Waals surface area contributed by atoms with Crippen LogP contribution in [0.5, 0.6) is 0 Å². The van der Waals surface area contributed by atoms with E-state index in [9.17, 15) is 9.18 Å². The van der Waals surface area contributed by atoms with Gasteiger partial charge in [-0.05, 0) is 36.6 Å². The fourth-order valence-corrected chi connectivity index (χ4v) is 2.75. The number of benzene rings is 2. The number of carbonyl (C=O) groups excluding carboxylic acids is 1. The van der Waals surface area contributed by atoms with Gasteiger partial charge in [-0.1, -0.05) is 55.5 Å². The summed E-state index contributed by atoms with van der Waals surface area (Å²) in [6.07, 6.45) is 1.16. The monoisotopic (exact) mass is 364 g/mol. The van der Waals surface area contributed by atoms with Crippen molar-refractivity contribution in [3.8, 4) is 0 Å². The van der Waals surface area contributed by atoms with E-state index in [4.69, 9.17) is 5.73 Å². The van der Waals surface area contributed by atoms with Gasteiger partial charge >= 0.3 is 0 Å². The molecule has 25 heavy (non-hydrogen) atoms. The van der Waals surface area contributed by atoms with Crippen LogP contribution in [0.2, 0.25) is 0 Å². The average molecular weight is 365 g/mol. The standard InChI is InChI=1S/C20H25FN2O.ClH/c1-16(14-18-10-5-6-11-19(18)21)20(24)23(13-7-12-22)15-17-8-3-2-4-9-17;/h2-6,8-11,16H,7,12-15,22H2,1H3;1H. The van der Waals surface area contributed by atoms with E-state index in [2.05, 4.69) is 0 Å². The molecule has 0 saturated carbocycles. The SMILES string of the molecule is CC(Cc1ccccc1F)C(=O)N(CCCN)Cc1ccccc1.Cl. The molecule has 0 fully saturated rings.